The number of fused-ring (bicyclic) bond motifs is 1. The summed E-state index contributed by atoms with van der Waals surface area (Å²) in [4.78, 5) is 17.8. The van der Waals surface area contributed by atoms with Crippen molar-refractivity contribution in [3.8, 4) is 0 Å². The molecule has 1 saturated carbocycles. The van der Waals surface area contributed by atoms with E-state index >= 15 is 0 Å². The molecular weight excluding hydrogens is 266 g/mol. The molecule has 1 aliphatic heterocycles. The van der Waals surface area contributed by atoms with Gasteiger partial charge in [0, 0.05) is 22.5 Å². The van der Waals surface area contributed by atoms with Crippen molar-refractivity contribution in [2.24, 2.45) is 16.5 Å². The number of hydrogen-bond acceptors (Lipinski definition) is 5. The molecule has 0 bridgehead atoms. The highest BCUT2D eigenvalue weighted by molar-refractivity contribution is 7.85. The molecule has 0 amide bonds. The van der Waals surface area contributed by atoms with Gasteiger partial charge in [0.05, 0.1) is 24.0 Å². The molecule has 1 aliphatic carbocycles. The Morgan fingerprint density at radius 1 is 1.47 bits per heavy atom. The fourth-order valence-electron chi connectivity index (χ4n) is 3.16. The van der Waals surface area contributed by atoms with Crippen molar-refractivity contribution in [1.29, 1.82) is 0 Å². The fourth-order valence-corrected chi connectivity index (χ4v) is 4.43. The van der Waals surface area contributed by atoms with Gasteiger partial charge < -0.3 is 9.57 Å². The normalized spacial score (nSPS) is 35.3. The number of oxime groups is 1. The van der Waals surface area contributed by atoms with Crippen LogP contribution >= 0.6 is 0 Å². The molecule has 0 spiro atoms. The number of carbonyl (C=O) groups is 1. The molecule has 1 fully saturated rings. The number of hydrogen-bond donors (Lipinski definition) is 0. The van der Waals surface area contributed by atoms with E-state index in [9.17, 15) is 9.00 Å². The predicted molar refractivity (Wildman–Crippen MR) is 73.3 cm³/mol. The van der Waals surface area contributed by atoms with Crippen molar-refractivity contribution in [2.75, 3.05) is 13.4 Å². The number of methoxy groups -OCH3 is 1. The molecule has 19 heavy (non-hydrogen) atoms. The van der Waals surface area contributed by atoms with Crippen molar-refractivity contribution in [2.45, 2.75) is 44.5 Å². The molecule has 108 valence electrons. The number of ether oxygens (including phenoxy) is 1. The van der Waals surface area contributed by atoms with Crippen LogP contribution in [0.25, 0.3) is 0 Å². The minimum absolute atomic E-state index is 0.131. The van der Waals surface area contributed by atoms with Crippen LogP contribution in [-0.2, 0) is 25.2 Å². The molecular formula is C13H21NO4S. The Kier molecular flexibility index (Phi) is 3.49. The third kappa shape index (κ3) is 2.00. The van der Waals surface area contributed by atoms with Crippen LogP contribution in [0.3, 0.4) is 0 Å². The molecule has 2 rings (SSSR count). The summed E-state index contributed by atoms with van der Waals surface area (Å²) >= 11 is 0. The first kappa shape index (κ1) is 14.5. The minimum atomic E-state index is -1.18. The first-order valence-corrected chi connectivity index (χ1v) is 8.04. The van der Waals surface area contributed by atoms with Crippen LogP contribution in [0, 0.1) is 11.3 Å². The maximum Gasteiger partial charge on any atom is 0.355 e. The minimum Gasteiger partial charge on any atom is -0.466 e. The number of rotatable bonds is 2. The predicted octanol–water partition coefficient (Wildman–Crippen LogP) is 1.49. The van der Waals surface area contributed by atoms with E-state index in [4.69, 9.17) is 9.57 Å². The van der Waals surface area contributed by atoms with E-state index < -0.39 is 22.4 Å². The summed E-state index contributed by atoms with van der Waals surface area (Å²) in [6, 6.07) is 0. The molecule has 0 radical (unpaired) electrons. The highest BCUT2D eigenvalue weighted by Crippen LogP contribution is 2.49. The lowest BCUT2D eigenvalue weighted by Crippen LogP contribution is -2.53. The van der Waals surface area contributed by atoms with E-state index in [1.807, 2.05) is 20.8 Å². The average Bonchev–Trinajstić information content (AvgIpc) is 2.82. The second kappa shape index (κ2) is 4.58. The van der Waals surface area contributed by atoms with Gasteiger partial charge >= 0.3 is 5.97 Å². The summed E-state index contributed by atoms with van der Waals surface area (Å²) in [6.45, 7) is 6.12. The summed E-state index contributed by atoms with van der Waals surface area (Å²) in [5.74, 6) is -0.591. The van der Waals surface area contributed by atoms with Gasteiger partial charge in [-0.15, -0.1) is 0 Å². The molecule has 0 aromatic carbocycles. The molecule has 4 unspecified atom stereocenters. The largest absolute Gasteiger partial charge is 0.466 e. The van der Waals surface area contributed by atoms with E-state index in [-0.39, 0.29) is 16.6 Å². The van der Waals surface area contributed by atoms with Crippen LogP contribution in [0.2, 0.25) is 0 Å². The maximum absolute atomic E-state index is 12.2. The number of nitrogens with zero attached hydrogens (tertiary/aromatic N) is 1. The van der Waals surface area contributed by atoms with Crippen LogP contribution in [0.15, 0.2) is 5.16 Å². The highest BCUT2D eigenvalue weighted by atomic mass is 32.2. The first-order chi connectivity index (χ1) is 8.75. The molecule has 5 nitrogen and oxygen atoms in total. The number of esters is 1. The van der Waals surface area contributed by atoms with Crippen LogP contribution in [0.4, 0.5) is 0 Å². The van der Waals surface area contributed by atoms with E-state index in [0.29, 0.717) is 6.42 Å². The van der Waals surface area contributed by atoms with Crippen LogP contribution < -0.4 is 0 Å². The summed E-state index contributed by atoms with van der Waals surface area (Å²) < 4.78 is 16.9. The highest BCUT2D eigenvalue weighted by Gasteiger charge is 2.66. The summed E-state index contributed by atoms with van der Waals surface area (Å²) in [6.07, 6.45) is 3.06. The van der Waals surface area contributed by atoms with Gasteiger partial charge in [0.15, 0.2) is 0 Å². The average molecular weight is 287 g/mol. The van der Waals surface area contributed by atoms with Gasteiger partial charge in [-0.1, -0.05) is 25.9 Å². The van der Waals surface area contributed by atoms with Crippen molar-refractivity contribution >= 4 is 22.5 Å². The Morgan fingerprint density at radius 2 is 2.11 bits per heavy atom. The van der Waals surface area contributed by atoms with E-state index in [2.05, 4.69) is 5.16 Å². The van der Waals surface area contributed by atoms with Crippen LogP contribution in [0.1, 0.15) is 33.6 Å². The maximum atomic E-state index is 12.2. The van der Waals surface area contributed by atoms with Crippen molar-refractivity contribution in [3.05, 3.63) is 0 Å². The third-order valence-electron chi connectivity index (χ3n) is 4.01. The summed E-state index contributed by atoms with van der Waals surface area (Å²) in [5.41, 5.74) is -0.493. The van der Waals surface area contributed by atoms with Crippen molar-refractivity contribution in [1.82, 2.24) is 0 Å². The molecule has 0 N–H and O–H groups in total. The second-order valence-electron chi connectivity index (χ2n) is 6.22. The van der Waals surface area contributed by atoms with Gasteiger partial charge in [-0.05, 0) is 12.8 Å². The number of carbonyl (C=O) groups excluding carboxylic acids is 1. The Morgan fingerprint density at radius 3 is 2.58 bits per heavy atom. The van der Waals surface area contributed by atoms with E-state index in [0.717, 1.165) is 12.1 Å². The zero-order chi connectivity index (χ0) is 14.4. The molecule has 1 heterocycles. The second-order valence-corrected chi connectivity index (χ2v) is 7.79. The fraction of sp³-hybridized carbons (Fsp3) is 0.846. The van der Waals surface area contributed by atoms with Crippen LogP contribution in [-0.4, -0.2) is 40.1 Å². The van der Waals surface area contributed by atoms with Gasteiger partial charge in [0.1, 0.15) is 0 Å². The molecule has 0 saturated heterocycles. The van der Waals surface area contributed by atoms with Crippen molar-refractivity contribution < 1.29 is 18.6 Å². The zero-order valence-electron chi connectivity index (χ0n) is 12.1. The Balaban J connectivity index is 2.45. The van der Waals surface area contributed by atoms with Gasteiger partial charge in [-0.2, -0.15) is 0 Å². The van der Waals surface area contributed by atoms with Crippen molar-refractivity contribution in [3.63, 3.8) is 0 Å². The lowest BCUT2D eigenvalue weighted by atomic mass is 9.76. The molecule has 0 aromatic heterocycles. The lowest BCUT2D eigenvalue weighted by Gasteiger charge is -2.30. The molecule has 0 aromatic rings. The smallest absolute Gasteiger partial charge is 0.355 e. The van der Waals surface area contributed by atoms with Gasteiger partial charge in [-0.3, -0.25) is 4.21 Å². The topological polar surface area (TPSA) is 65.0 Å². The Hall–Kier alpha value is -0.910. The van der Waals surface area contributed by atoms with Gasteiger partial charge in [-0.25, -0.2) is 4.79 Å². The molecule has 2 aliphatic rings. The third-order valence-corrected chi connectivity index (χ3v) is 5.40. The van der Waals surface area contributed by atoms with E-state index in [1.165, 1.54) is 7.11 Å². The Labute approximate surface area is 116 Å². The first-order valence-electron chi connectivity index (χ1n) is 6.42. The Bertz CT molecular complexity index is 454. The van der Waals surface area contributed by atoms with E-state index in [1.54, 1.807) is 6.26 Å². The lowest BCUT2D eigenvalue weighted by molar-refractivity contribution is -0.168. The zero-order valence-corrected chi connectivity index (χ0v) is 12.9. The SMILES string of the molecule is COC(=O)C12ON=C(C(C)(C)C)C1CCC2S(C)=O. The van der Waals surface area contributed by atoms with Gasteiger partial charge in [0.25, 0.3) is 5.60 Å². The molecule has 6 heteroatoms. The standard InChI is InChI=1S/C13H21NO4S/c1-12(2,3)10-8-6-7-9(19(5)16)13(8,18-14-10)11(15)17-4/h8-9H,6-7H2,1-5H3. The summed E-state index contributed by atoms with van der Waals surface area (Å²) in [5, 5.41) is 3.79. The quantitative estimate of drug-likeness (QED) is 0.722. The molecule has 4 atom stereocenters. The summed E-state index contributed by atoms with van der Waals surface area (Å²) in [7, 11) is 0.180. The van der Waals surface area contributed by atoms with Crippen LogP contribution in [0.5, 0.6) is 0 Å². The van der Waals surface area contributed by atoms with Gasteiger partial charge in [0.2, 0.25) is 0 Å². The monoisotopic (exact) mass is 287 g/mol.